The molecule has 10 heteroatoms. The van der Waals surface area contributed by atoms with E-state index in [9.17, 15) is 31.1 Å². The van der Waals surface area contributed by atoms with Crippen LogP contribution in [0.25, 0.3) is 22.4 Å². The molecule has 3 rings (SSSR count). The van der Waals surface area contributed by atoms with Crippen LogP contribution in [0.4, 0.5) is 26.3 Å². The van der Waals surface area contributed by atoms with Crippen LogP contribution in [0.15, 0.2) is 60.8 Å². The van der Waals surface area contributed by atoms with Crippen LogP contribution in [0.2, 0.25) is 0 Å². The van der Waals surface area contributed by atoms with Gasteiger partial charge in [-0.05, 0) is 24.3 Å². The van der Waals surface area contributed by atoms with Gasteiger partial charge in [-0.15, -0.1) is 26.3 Å². The SMILES string of the molecule is O=Cc1cc(-c2ccccc2OC(F)(F)F)cnc1-c1ccccc1OC(F)(F)F. The van der Waals surface area contributed by atoms with E-state index in [4.69, 9.17) is 0 Å². The molecule has 4 nitrogen and oxygen atoms in total. The normalized spacial score (nSPS) is 11.8. The first kappa shape index (κ1) is 21.2. The molecule has 0 N–H and O–H groups in total. The number of rotatable bonds is 5. The van der Waals surface area contributed by atoms with Crippen LogP contribution in [0.3, 0.4) is 0 Å². The van der Waals surface area contributed by atoms with E-state index in [1.165, 1.54) is 42.5 Å². The summed E-state index contributed by atoms with van der Waals surface area (Å²) in [7, 11) is 0. The average Bonchev–Trinajstić information content (AvgIpc) is 2.66. The molecule has 0 aliphatic carbocycles. The fourth-order valence-electron chi connectivity index (χ4n) is 2.74. The highest BCUT2D eigenvalue weighted by Crippen LogP contribution is 2.37. The molecule has 0 fully saturated rings. The molecule has 1 aromatic heterocycles. The van der Waals surface area contributed by atoms with E-state index >= 15 is 0 Å². The zero-order valence-electron chi connectivity index (χ0n) is 14.8. The van der Waals surface area contributed by atoms with Crippen molar-refractivity contribution < 1.29 is 40.6 Å². The van der Waals surface area contributed by atoms with Gasteiger partial charge in [0.2, 0.25) is 0 Å². The molecule has 0 saturated carbocycles. The smallest absolute Gasteiger partial charge is 0.405 e. The maximum absolute atomic E-state index is 12.7. The fourth-order valence-corrected chi connectivity index (χ4v) is 2.74. The monoisotopic (exact) mass is 427 g/mol. The zero-order valence-corrected chi connectivity index (χ0v) is 14.8. The molecule has 0 spiro atoms. The number of pyridine rings is 1. The number of benzene rings is 2. The third-order valence-corrected chi connectivity index (χ3v) is 3.84. The Morgan fingerprint density at radius 3 is 1.80 bits per heavy atom. The summed E-state index contributed by atoms with van der Waals surface area (Å²) >= 11 is 0. The van der Waals surface area contributed by atoms with Crippen molar-refractivity contribution in [2.24, 2.45) is 0 Å². The highest BCUT2D eigenvalue weighted by Gasteiger charge is 2.33. The second-order valence-electron chi connectivity index (χ2n) is 5.87. The van der Waals surface area contributed by atoms with Gasteiger partial charge in [-0.3, -0.25) is 9.78 Å². The number of hydrogen-bond donors (Lipinski definition) is 0. The zero-order chi connectivity index (χ0) is 21.9. The van der Waals surface area contributed by atoms with Crippen molar-refractivity contribution in [1.82, 2.24) is 4.98 Å². The second-order valence-corrected chi connectivity index (χ2v) is 5.87. The standard InChI is InChI=1S/C20H11F6NO3/c21-19(22,23)29-16-7-3-1-5-14(16)12-9-13(11-28)18(27-10-12)15-6-2-4-8-17(15)30-20(24,25)26/h1-11H. The Kier molecular flexibility index (Phi) is 5.68. The lowest BCUT2D eigenvalue weighted by Gasteiger charge is -2.15. The molecule has 30 heavy (non-hydrogen) atoms. The Labute approximate surface area is 165 Å². The molecule has 0 unspecified atom stereocenters. The summed E-state index contributed by atoms with van der Waals surface area (Å²) in [6.45, 7) is 0. The Bertz CT molecular complexity index is 1060. The van der Waals surface area contributed by atoms with Gasteiger partial charge in [-0.2, -0.15) is 0 Å². The van der Waals surface area contributed by atoms with E-state index in [1.54, 1.807) is 0 Å². The minimum atomic E-state index is -4.97. The Morgan fingerprint density at radius 1 is 0.767 bits per heavy atom. The molecular formula is C20H11F6NO3. The van der Waals surface area contributed by atoms with Crippen LogP contribution in [0.1, 0.15) is 10.4 Å². The Balaban J connectivity index is 2.08. The lowest BCUT2D eigenvalue weighted by Crippen LogP contribution is -2.18. The van der Waals surface area contributed by atoms with Crippen molar-refractivity contribution >= 4 is 6.29 Å². The van der Waals surface area contributed by atoms with Crippen LogP contribution < -0.4 is 9.47 Å². The summed E-state index contributed by atoms with van der Waals surface area (Å²) in [5.74, 6) is -1.09. The molecule has 3 aromatic rings. The third-order valence-electron chi connectivity index (χ3n) is 3.84. The highest BCUT2D eigenvalue weighted by atomic mass is 19.4. The predicted molar refractivity (Wildman–Crippen MR) is 93.9 cm³/mol. The summed E-state index contributed by atoms with van der Waals surface area (Å²) in [5, 5.41) is 0. The van der Waals surface area contributed by atoms with Gasteiger partial charge >= 0.3 is 12.7 Å². The maximum Gasteiger partial charge on any atom is 0.573 e. The number of alkyl halides is 6. The molecule has 0 aliphatic rings. The minimum absolute atomic E-state index is 0.00296. The number of carbonyl (C=O) groups excluding carboxylic acids is 1. The number of hydrogen-bond acceptors (Lipinski definition) is 4. The number of aldehydes is 1. The third kappa shape index (κ3) is 5.07. The van der Waals surface area contributed by atoms with Gasteiger partial charge in [0.25, 0.3) is 0 Å². The molecule has 0 aliphatic heterocycles. The quantitative estimate of drug-likeness (QED) is 0.369. The molecule has 1 heterocycles. The maximum atomic E-state index is 12.7. The van der Waals surface area contributed by atoms with Gasteiger partial charge in [-0.1, -0.05) is 30.3 Å². The average molecular weight is 427 g/mol. The van der Waals surface area contributed by atoms with Crippen molar-refractivity contribution in [1.29, 1.82) is 0 Å². The van der Waals surface area contributed by atoms with Crippen molar-refractivity contribution in [3.63, 3.8) is 0 Å². The van der Waals surface area contributed by atoms with Gasteiger partial charge in [0.1, 0.15) is 11.5 Å². The number of ether oxygens (including phenoxy) is 2. The first-order valence-electron chi connectivity index (χ1n) is 8.23. The van der Waals surface area contributed by atoms with Gasteiger partial charge < -0.3 is 9.47 Å². The molecule has 0 radical (unpaired) electrons. The molecular weight excluding hydrogens is 416 g/mol. The van der Waals surface area contributed by atoms with Crippen LogP contribution >= 0.6 is 0 Å². The topological polar surface area (TPSA) is 48.4 Å². The summed E-state index contributed by atoms with van der Waals surface area (Å²) in [6.07, 6.45) is -8.44. The molecule has 0 amide bonds. The molecule has 0 bridgehead atoms. The number of nitrogens with zero attached hydrogens (tertiary/aromatic N) is 1. The number of carbonyl (C=O) groups is 1. The van der Waals surface area contributed by atoms with E-state index < -0.39 is 24.2 Å². The van der Waals surface area contributed by atoms with E-state index in [1.807, 2.05) is 0 Å². The van der Waals surface area contributed by atoms with Crippen LogP contribution in [0, 0.1) is 0 Å². The Morgan fingerprint density at radius 2 is 1.27 bits per heavy atom. The lowest BCUT2D eigenvalue weighted by atomic mass is 10.0. The van der Waals surface area contributed by atoms with E-state index in [0.717, 1.165) is 18.3 Å². The number of halogens is 6. The predicted octanol–water partition coefficient (Wildman–Crippen LogP) is 6.03. The highest BCUT2D eigenvalue weighted by molar-refractivity contribution is 5.89. The second kappa shape index (κ2) is 8.05. The van der Waals surface area contributed by atoms with Crippen molar-refractivity contribution in [2.75, 3.05) is 0 Å². The lowest BCUT2D eigenvalue weighted by molar-refractivity contribution is -0.275. The fraction of sp³-hybridized carbons (Fsp3) is 0.100. The van der Waals surface area contributed by atoms with Crippen LogP contribution in [0.5, 0.6) is 11.5 Å². The van der Waals surface area contributed by atoms with Crippen molar-refractivity contribution in [3.05, 3.63) is 66.4 Å². The molecule has 156 valence electrons. The summed E-state index contributed by atoms with van der Waals surface area (Å²) < 4.78 is 83.9. The van der Waals surface area contributed by atoms with Crippen molar-refractivity contribution in [2.45, 2.75) is 12.7 Å². The van der Waals surface area contributed by atoms with Gasteiger partial charge in [0, 0.05) is 28.5 Å². The summed E-state index contributed by atoms with van der Waals surface area (Å²) in [6, 6.07) is 11.5. The largest absolute Gasteiger partial charge is 0.573 e. The molecule has 2 aromatic carbocycles. The summed E-state index contributed by atoms with van der Waals surface area (Å²) in [5.41, 5.74) is -0.273. The van der Waals surface area contributed by atoms with Crippen LogP contribution in [-0.4, -0.2) is 24.0 Å². The number of para-hydroxylation sites is 2. The Hall–Kier alpha value is -3.56. The van der Waals surface area contributed by atoms with Crippen LogP contribution in [-0.2, 0) is 0 Å². The minimum Gasteiger partial charge on any atom is -0.405 e. The van der Waals surface area contributed by atoms with Gasteiger partial charge in [0.05, 0.1) is 5.69 Å². The van der Waals surface area contributed by atoms with E-state index in [2.05, 4.69) is 14.5 Å². The van der Waals surface area contributed by atoms with E-state index in [0.29, 0.717) is 6.29 Å². The summed E-state index contributed by atoms with van der Waals surface area (Å²) in [4.78, 5) is 15.6. The first-order valence-corrected chi connectivity index (χ1v) is 8.23. The van der Waals surface area contributed by atoms with E-state index in [-0.39, 0.29) is 27.9 Å². The molecule has 0 atom stereocenters. The molecule has 0 saturated heterocycles. The number of aromatic nitrogens is 1. The van der Waals surface area contributed by atoms with Crippen molar-refractivity contribution in [3.8, 4) is 33.9 Å². The van der Waals surface area contributed by atoms with Gasteiger partial charge in [-0.25, -0.2) is 0 Å². The first-order chi connectivity index (χ1) is 14.1. The van der Waals surface area contributed by atoms with Gasteiger partial charge in [0.15, 0.2) is 6.29 Å².